The van der Waals surface area contributed by atoms with Crippen molar-refractivity contribution in [3.63, 3.8) is 0 Å². The van der Waals surface area contributed by atoms with Crippen molar-refractivity contribution < 1.29 is 0 Å². The average molecular weight is 374 g/mol. The van der Waals surface area contributed by atoms with Crippen LogP contribution in [-0.4, -0.2) is 11.2 Å². The van der Waals surface area contributed by atoms with E-state index >= 15 is 0 Å². The predicted molar refractivity (Wildman–Crippen MR) is 118 cm³/mol. The number of thiocarbonyl (C=S) groups is 1. The second-order valence-electron chi connectivity index (χ2n) is 6.87. The summed E-state index contributed by atoms with van der Waals surface area (Å²) in [5.41, 5.74) is 4.59. The summed E-state index contributed by atoms with van der Waals surface area (Å²) in [4.78, 5) is 2.24. The molecule has 0 unspecified atom stereocenters. The topological polar surface area (TPSA) is 27.3 Å². The van der Waals surface area contributed by atoms with Crippen LogP contribution in [0.5, 0.6) is 0 Å². The number of anilines is 3. The Balaban J connectivity index is 1.62. The fourth-order valence-electron chi connectivity index (χ4n) is 3.70. The van der Waals surface area contributed by atoms with Crippen molar-refractivity contribution in [2.24, 2.45) is 0 Å². The minimum atomic E-state index is 0.259. The van der Waals surface area contributed by atoms with Crippen molar-refractivity contribution in [2.75, 3.05) is 15.5 Å². The molecule has 0 radical (unpaired) electrons. The summed E-state index contributed by atoms with van der Waals surface area (Å²) in [6.07, 6.45) is 0.975. The van der Waals surface area contributed by atoms with Crippen molar-refractivity contribution in [2.45, 2.75) is 25.4 Å². The number of rotatable bonds is 3. The number of nitrogens with zero attached hydrogens (tertiary/aromatic N) is 1. The van der Waals surface area contributed by atoms with E-state index < -0.39 is 0 Å². The van der Waals surface area contributed by atoms with Crippen LogP contribution in [0.2, 0.25) is 0 Å². The van der Waals surface area contributed by atoms with Gasteiger partial charge in [0.1, 0.15) is 0 Å². The van der Waals surface area contributed by atoms with Crippen molar-refractivity contribution >= 4 is 34.4 Å². The summed E-state index contributed by atoms with van der Waals surface area (Å²) < 4.78 is 0. The van der Waals surface area contributed by atoms with E-state index in [1.807, 2.05) is 36.4 Å². The van der Waals surface area contributed by atoms with Gasteiger partial charge in [-0.15, -0.1) is 0 Å². The molecular weight excluding hydrogens is 350 g/mol. The van der Waals surface area contributed by atoms with Crippen LogP contribution in [0.15, 0.2) is 84.9 Å². The van der Waals surface area contributed by atoms with Crippen molar-refractivity contribution in [1.82, 2.24) is 0 Å². The molecule has 2 N–H and O–H groups in total. The Kier molecular flexibility index (Phi) is 5.07. The molecule has 0 fully saturated rings. The van der Waals surface area contributed by atoms with E-state index in [2.05, 4.69) is 71.0 Å². The van der Waals surface area contributed by atoms with E-state index in [9.17, 15) is 0 Å². The largest absolute Gasteiger partial charge is 0.378 e. The Bertz CT molecular complexity index is 911. The first-order valence-electron chi connectivity index (χ1n) is 9.28. The molecule has 27 heavy (non-hydrogen) atoms. The SMILES string of the molecule is C[C@@H]1C[C@@H](Nc2ccccc2)c2ccccc2N1C(=S)Nc1ccccc1. The van der Waals surface area contributed by atoms with Crippen molar-refractivity contribution in [3.05, 3.63) is 90.5 Å². The summed E-state index contributed by atoms with van der Waals surface area (Å²) in [5, 5.41) is 7.81. The van der Waals surface area contributed by atoms with Crippen LogP contribution in [0, 0.1) is 0 Å². The Hall–Kier alpha value is -2.85. The molecule has 0 saturated heterocycles. The van der Waals surface area contributed by atoms with Gasteiger partial charge in [0.15, 0.2) is 5.11 Å². The molecule has 2 atom stereocenters. The highest BCUT2D eigenvalue weighted by atomic mass is 32.1. The van der Waals surface area contributed by atoms with Gasteiger partial charge >= 0.3 is 0 Å². The monoisotopic (exact) mass is 373 g/mol. The highest BCUT2D eigenvalue weighted by molar-refractivity contribution is 7.80. The minimum absolute atomic E-state index is 0.259. The Morgan fingerprint density at radius 1 is 0.852 bits per heavy atom. The second kappa shape index (κ2) is 7.80. The van der Waals surface area contributed by atoms with Crippen LogP contribution >= 0.6 is 12.2 Å². The smallest absolute Gasteiger partial charge is 0.178 e. The number of para-hydroxylation sites is 3. The van der Waals surface area contributed by atoms with E-state index in [-0.39, 0.29) is 12.1 Å². The fourth-order valence-corrected chi connectivity index (χ4v) is 4.10. The molecule has 3 aromatic rings. The molecule has 0 saturated carbocycles. The summed E-state index contributed by atoms with van der Waals surface area (Å²) in [5.74, 6) is 0. The van der Waals surface area contributed by atoms with Gasteiger partial charge in [-0.1, -0.05) is 54.6 Å². The summed E-state index contributed by atoms with van der Waals surface area (Å²) in [6.45, 7) is 2.23. The molecule has 3 aromatic carbocycles. The molecule has 1 heterocycles. The second-order valence-corrected chi connectivity index (χ2v) is 7.26. The molecule has 0 aromatic heterocycles. The maximum Gasteiger partial charge on any atom is 0.178 e. The summed E-state index contributed by atoms with van der Waals surface area (Å²) in [6, 6.07) is 29.6. The van der Waals surface area contributed by atoms with E-state index in [1.165, 1.54) is 5.56 Å². The van der Waals surface area contributed by atoms with Crippen LogP contribution in [0.3, 0.4) is 0 Å². The third kappa shape index (κ3) is 3.81. The highest BCUT2D eigenvalue weighted by Gasteiger charge is 2.32. The van der Waals surface area contributed by atoms with Crippen LogP contribution in [0.4, 0.5) is 17.1 Å². The maximum atomic E-state index is 5.77. The van der Waals surface area contributed by atoms with Crippen LogP contribution < -0.4 is 15.5 Å². The lowest BCUT2D eigenvalue weighted by atomic mass is 9.91. The average Bonchev–Trinajstić information content (AvgIpc) is 2.69. The molecule has 4 rings (SSSR count). The molecule has 1 aliphatic heterocycles. The molecule has 1 aliphatic rings. The van der Waals surface area contributed by atoms with Crippen molar-refractivity contribution in [3.8, 4) is 0 Å². The van der Waals surface area contributed by atoms with Gasteiger partial charge in [-0.05, 0) is 61.5 Å². The molecule has 136 valence electrons. The van der Waals surface area contributed by atoms with E-state index in [0.29, 0.717) is 0 Å². The fraction of sp³-hybridized carbons (Fsp3) is 0.174. The lowest BCUT2D eigenvalue weighted by Crippen LogP contribution is -2.46. The first-order chi connectivity index (χ1) is 13.2. The quantitative estimate of drug-likeness (QED) is 0.564. The first kappa shape index (κ1) is 17.6. The van der Waals surface area contributed by atoms with Gasteiger partial charge in [0.2, 0.25) is 0 Å². The van der Waals surface area contributed by atoms with E-state index in [0.717, 1.165) is 28.6 Å². The third-order valence-electron chi connectivity index (χ3n) is 4.95. The number of hydrogen-bond donors (Lipinski definition) is 2. The lowest BCUT2D eigenvalue weighted by molar-refractivity contribution is 0.563. The van der Waals surface area contributed by atoms with Gasteiger partial charge in [-0.25, -0.2) is 0 Å². The van der Waals surface area contributed by atoms with Gasteiger partial charge in [0, 0.05) is 23.1 Å². The molecular formula is C23H23N3S. The third-order valence-corrected chi connectivity index (χ3v) is 5.25. The number of nitrogens with one attached hydrogen (secondary N) is 2. The molecule has 0 aliphatic carbocycles. The Labute approximate surface area is 166 Å². The number of fused-ring (bicyclic) bond motifs is 1. The zero-order chi connectivity index (χ0) is 18.6. The van der Waals surface area contributed by atoms with E-state index in [4.69, 9.17) is 12.2 Å². The number of hydrogen-bond acceptors (Lipinski definition) is 2. The van der Waals surface area contributed by atoms with Gasteiger partial charge in [0.25, 0.3) is 0 Å². The van der Waals surface area contributed by atoms with Gasteiger partial charge in [0.05, 0.1) is 6.04 Å². The molecule has 0 spiro atoms. The van der Waals surface area contributed by atoms with E-state index in [1.54, 1.807) is 0 Å². The number of benzene rings is 3. The predicted octanol–water partition coefficient (Wildman–Crippen LogP) is 5.84. The molecule has 3 nitrogen and oxygen atoms in total. The zero-order valence-electron chi connectivity index (χ0n) is 15.3. The van der Waals surface area contributed by atoms with Crippen LogP contribution in [0.1, 0.15) is 24.9 Å². The van der Waals surface area contributed by atoms with Crippen LogP contribution in [0.25, 0.3) is 0 Å². The summed E-state index contributed by atoms with van der Waals surface area (Å²) >= 11 is 5.77. The minimum Gasteiger partial charge on any atom is -0.378 e. The van der Waals surface area contributed by atoms with Gasteiger partial charge in [-0.3, -0.25) is 0 Å². The first-order valence-corrected chi connectivity index (χ1v) is 9.69. The van der Waals surface area contributed by atoms with Crippen LogP contribution in [-0.2, 0) is 0 Å². The lowest BCUT2D eigenvalue weighted by Gasteiger charge is -2.41. The Morgan fingerprint density at radius 3 is 2.15 bits per heavy atom. The standard InChI is InChI=1S/C23H23N3S/c1-17-16-21(24-18-10-4-2-5-11-18)20-14-8-9-15-22(20)26(17)23(27)25-19-12-6-3-7-13-19/h2-15,17,21,24H,16H2,1H3,(H,25,27)/t17-,21-/m1/s1. The zero-order valence-corrected chi connectivity index (χ0v) is 16.1. The summed E-state index contributed by atoms with van der Waals surface area (Å²) in [7, 11) is 0. The highest BCUT2D eigenvalue weighted by Crippen LogP contribution is 2.39. The van der Waals surface area contributed by atoms with Gasteiger partial charge < -0.3 is 15.5 Å². The van der Waals surface area contributed by atoms with Crippen molar-refractivity contribution in [1.29, 1.82) is 0 Å². The molecule has 4 heteroatoms. The normalized spacial score (nSPS) is 18.5. The Morgan fingerprint density at radius 2 is 1.44 bits per heavy atom. The van der Waals surface area contributed by atoms with Gasteiger partial charge in [-0.2, -0.15) is 0 Å². The maximum absolute atomic E-state index is 5.77. The molecule has 0 amide bonds. The molecule has 0 bridgehead atoms.